The predicted molar refractivity (Wildman–Crippen MR) is 137 cm³/mol. The number of benzene rings is 1. The summed E-state index contributed by atoms with van der Waals surface area (Å²) in [4.78, 5) is 17.3. The summed E-state index contributed by atoms with van der Waals surface area (Å²) in [5.41, 5.74) is 11.5. The Bertz CT molecular complexity index is 1430. The van der Waals surface area contributed by atoms with E-state index >= 15 is 0 Å². The van der Waals surface area contributed by atoms with E-state index in [1.165, 1.54) is 6.33 Å². The Labute approximate surface area is 209 Å². The van der Waals surface area contributed by atoms with Gasteiger partial charge in [0.2, 0.25) is 5.91 Å². The zero-order valence-electron chi connectivity index (χ0n) is 20.6. The van der Waals surface area contributed by atoms with Crippen molar-refractivity contribution in [1.82, 2.24) is 29.7 Å². The molecule has 6 rings (SSSR count). The van der Waals surface area contributed by atoms with Crippen molar-refractivity contribution in [3.8, 4) is 22.5 Å². The van der Waals surface area contributed by atoms with Crippen molar-refractivity contribution in [2.75, 3.05) is 18.9 Å². The van der Waals surface area contributed by atoms with Crippen LogP contribution in [0.2, 0.25) is 0 Å². The SMILES string of the molecule is CC(C)NC(=O)C1(c2cccc(-c3cc(-c4ccnn4C4CCOCC4)c4c(N)ncnn34)c2)CC1. The van der Waals surface area contributed by atoms with Crippen molar-refractivity contribution < 1.29 is 9.53 Å². The van der Waals surface area contributed by atoms with Gasteiger partial charge in [-0.2, -0.15) is 10.2 Å². The summed E-state index contributed by atoms with van der Waals surface area (Å²) < 4.78 is 9.50. The highest BCUT2D eigenvalue weighted by Gasteiger charge is 2.51. The summed E-state index contributed by atoms with van der Waals surface area (Å²) in [5, 5.41) is 12.3. The van der Waals surface area contributed by atoms with E-state index in [1.54, 1.807) is 0 Å². The van der Waals surface area contributed by atoms with E-state index in [0.29, 0.717) is 5.82 Å². The molecule has 1 amide bonds. The van der Waals surface area contributed by atoms with Gasteiger partial charge < -0.3 is 15.8 Å². The van der Waals surface area contributed by atoms with Crippen LogP contribution in [0.25, 0.3) is 28.0 Å². The minimum atomic E-state index is -0.453. The maximum atomic E-state index is 13.0. The Balaban J connectivity index is 1.46. The van der Waals surface area contributed by atoms with Crippen LogP contribution < -0.4 is 11.1 Å². The Morgan fingerprint density at radius 3 is 2.69 bits per heavy atom. The lowest BCUT2D eigenvalue weighted by atomic mass is 9.92. The Morgan fingerprint density at radius 1 is 1.14 bits per heavy atom. The molecule has 0 atom stereocenters. The summed E-state index contributed by atoms with van der Waals surface area (Å²) in [7, 11) is 0. The van der Waals surface area contributed by atoms with Gasteiger partial charge in [0.05, 0.1) is 22.8 Å². The van der Waals surface area contributed by atoms with Gasteiger partial charge in [0.15, 0.2) is 5.82 Å². The van der Waals surface area contributed by atoms with Gasteiger partial charge in [0, 0.05) is 36.6 Å². The molecule has 3 aromatic heterocycles. The van der Waals surface area contributed by atoms with Crippen LogP contribution >= 0.6 is 0 Å². The lowest BCUT2D eigenvalue weighted by molar-refractivity contribution is -0.124. The number of nitrogen functional groups attached to an aromatic ring is 1. The van der Waals surface area contributed by atoms with Gasteiger partial charge in [0.1, 0.15) is 11.8 Å². The van der Waals surface area contributed by atoms with Crippen molar-refractivity contribution in [1.29, 1.82) is 0 Å². The molecule has 0 bridgehead atoms. The average Bonchev–Trinajstić information content (AvgIpc) is 3.39. The predicted octanol–water partition coefficient (Wildman–Crippen LogP) is 3.75. The summed E-state index contributed by atoms with van der Waals surface area (Å²) in [6.45, 7) is 5.45. The first-order valence-electron chi connectivity index (χ1n) is 12.6. The van der Waals surface area contributed by atoms with Gasteiger partial charge in [-0.1, -0.05) is 18.2 Å². The van der Waals surface area contributed by atoms with Gasteiger partial charge in [-0.05, 0) is 63.3 Å². The number of amides is 1. The lowest BCUT2D eigenvalue weighted by Crippen LogP contribution is -2.38. The molecular formula is C27H31N7O2. The van der Waals surface area contributed by atoms with E-state index in [2.05, 4.69) is 49.4 Å². The number of carbonyl (C=O) groups excluding carboxylic acids is 1. The smallest absolute Gasteiger partial charge is 0.230 e. The molecule has 1 saturated heterocycles. The molecule has 36 heavy (non-hydrogen) atoms. The van der Waals surface area contributed by atoms with E-state index < -0.39 is 5.41 Å². The molecule has 9 nitrogen and oxygen atoms in total. The van der Waals surface area contributed by atoms with Crippen LogP contribution in [-0.2, 0) is 14.9 Å². The van der Waals surface area contributed by atoms with Gasteiger partial charge in [-0.25, -0.2) is 9.50 Å². The van der Waals surface area contributed by atoms with Crippen LogP contribution in [0.4, 0.5) is 5.82 Å². The van der Waals surface area contributed by atoms with Crippen molar-refractivity contribution in [3.05, 3.63) is 54.5 Å². The molecule has 186 valence electrons. The molecular weight excluding hydrogens is 454 g/mol. The van der Waals surface area contributed by atoms with E-state index in [0.717, 1.165) is 72.5 Å². The fourth-order valence-electron chi connectivity index (χ4n) is 5.37. The largest absolute Gasteiger partial charge is 0.382 e. The zero-order chi connectivity index (χ0) is 24.9. The van der Waals surface area contributed by atoms with E-state index in [4.69, 9.17) is 10.5 Å². The molecule has 2 aliphatic rings. The summed E-state index contributed by atoms with van der Waals surface area (Å²) in [6, 6.07) is 12.8. The monoisotopic (exact) mass is 485 g/mol. The van der Waals surface area contributed by atoms with E-state index in [9.17, 15) is 4.79 Å². The second kappa shape index (κ2) is 8.74. The number of fused-ring (bicyclic) bond motifs is 1. The Hall–Kier alpha value is -3.72. The standard InChI is InChI=1S/C27H31N7O2/c1-17(2)32-26(35)27(9-10-27)19-5-3-4-18(14-19)23-15-21(24-25(28)29-16-31-34(23)24)22-6-11-30-33(22)20-7-12-36-13-8-20/h3-6,11,14-17,20H,7-10,12-13H2,1-2H3,(H,32,35)(H2,28,29,31). The van der Waals surface area contributed by atoms with Crippen molar-refractivity contribution >= 4 is 17.2 Å². The second-order valence-electron chi connectivity index (χ2n) is 10.1. The number of nitrogens with zero attached hydrogens (tertiary/aromatic N) is 5. The first-order valence-corrected chi connectivity index (χ1v) is 12.6. The number of carbonyl (C=O) groups is 1. The zero-order valence-corrected chi connectivity index (χ0v) is 20.6. The minimum Gasteiger partial charge on any atom is -0.382 e. The summed E-state index contributed by atoms with van der Waals surface area (Å²) in [6.07, 6.45) is 6.86. The fourth-order valence-corrected chi connectivity index (χ4v) is 5.37. The highest BCUT2D eigenvalue weighted by molar-refractivity contribution is 5.93. The molecule has 1 aromatic carbocycles. The number of hydrogen-bond donors (Lipinski definition) is 2. The topological polar surface area (TPSA) is 112 Å². The number of anilines is 1. The number of nitrogens with one attached hydrogen (secondary N) is 1. The molecule has 1 aliphatic heterocycles. The number of aromatic nitrogens is 5. The highest BCUT2D eigenvalue weighted by Crippen LogP contribution is 2.49. The van der Waals surface area contributed by atoms with Gasteiger partial charge in [0.25, 0.3) is 0 Å². The van der Waals surface area contributed by atoms with Gasteiger partial charge in [-0.15, -0.1) is 0 Å². The second-order valence-corrected chi connectivity index (χ2v) is 10.1. The van der Waals surface area contributed by atoms with Crippen LogP contribution in [0, 0.1) is 0 Å². The Kier molecular flexibility index (Phi) is 5.52. The normalized spacial score (nSPS) is 17.5. The molecule has 2 fully saturated rings. The van der Waals surface area contributed by atoms with Crippen LogP contribution in [-0.4, -0.2) is 49.5 Å². The first-order chi connectivity index (χ1) is 17.5. The molecule has 3 N–H and O–H groups in total. The molecule has 0 spiro atoms. The molecule has 1 saturated carbocycles. The van der Waals surface area contributed by atoms with Crippen LogP contribution in [0.1, 0.15) is 51.1 Å². The fraction of sp³-hybridized carbons (Fsp3) is 0.407. The first kappa shape index (κ1) is 22.7. The molecule has 4 aromatic rings. The van der Waals surface area contributed by atoms with Gasteiger partial charge >= 0.3 is 0 Å². The maximum Gasteiger partial charge on any atom is 0.230 e. The van der Waals surface area contributed by atoms with Gasteiger partial charge in [-0.3, -0.25) is 9.48 Å². The van der Waals surface area contributed by atoms with E-state index in [1.807, 2.05) is 36.7 Å². The van der Waals surface area contributed by atoms with E-state index in [-0.39, 0.29) is 18.0 Å². The molecule has 0 radical (unpaired) electrons. The molecule has 9 heteroatoms. The third kappa shape index (κ3) is 3.74. The maximum absolute atomic E-state index is 13.0. The highest BCUT2D eigenvalue weighted by atomic mass is 16.5. The number of hydrogen-bond acceptors (Lipinski definition) is 6. The molecule has 1 aliphatic carbocycles. The molecule has 4 heterocycles. The number of rotatable bonds is 6. The quantitative estimate of drug-likeness (QED) is 0.430. The minimum absolute atomic E-state index is 0.0993. The van der Waals surface area contributed by atoms with Crippen LogP contribution in [0.3, 0.4) is 0 Å². The summed E-state index contributed by atoms with van der Waals surface area (Å²) >= 11 is 0. The lowest BCUT2D eigenvalue weighted by Gasteiger charge is -2.24. The third-order valence-electron chi connectivity index (χ3n) is 7.38. The van der Waals surface area contributed by atoms with Crippen molar-refractivity contribution in [2.45, 2.75) is 57.0 Å². The average molecular weight is 486 g/mol. The summed E-state index contributed by atoms with van der Waals surface area (Å²) in [5.74, 6) is 0.513. The Morgan fingerprint density at radius 2 is 1.94 bits per heavy atom. The van der Waals surface area contributed by atoms with Crippen LogP contribution in [0.15, 0.2) is 48.9 Å². The molecule has 0 unspecified atom stereocenters. The number of nitrogens with two attached hydrogens (primary N) is 1. The van der Waals surface area contributed by atoms with Crippen molar-refractivity contribution in [3.63, 3.8) is 0 Å². The number of ether oxygens (including phenoxy) is 1. The van der Waals surface area contributed by atoms with Crippen LogP contribution in [0.5, 0.6) is 0 Å². The third-order valence-corrected chi connectivity index (χ3v) is 7.38. The van der Waals surface area contributed by atoms with Crippen molar-refractivity contribution in [2.24, 2.45) is 0 Å².